The molecule has 3 rings (SSSR count). The van der Waals surface area contributed by atoms with E-state index in [1.807, 2.05) is 4.90 Å². The van der Waals surface area contributed by atoms with E-state index in [0.29, 0.717) is 39.0 Å². The monoisotopic (exact) mass is 502 g/mol. The number of ether oxygens (including phenoxy) is 3. The average molecular weight is 503 g/mol. The average Bonchev–Trinajstić information content (AvgIpc) is 3.41. The minimum Gasteiger partial charge on any atom is -0.494 e. The third-order valence-electron chi connectivity index (χ3n) is 5.15. The van der Waals surface area contributed by atoms with E-state index < -0.39 is 42.0 Å². The van der Waals surface area contributed by atoms with Crippen LogP contribution in [0.3, 0.4) is 0 Å². The van der Waals surface area contributed by atoms with E-state index in [9.17, 15) is 22.8 Å². The molecule has 1 fully saturated rings. The Kier molecular flexibility index (Phi) is 8.93. The van der Waals surface area contributed by atoms with Gasteiger partial charge in [-0.1, -0.05) is 0 Å². The van der Waals surface area contributed by atoms with E-state index in [1.54, 1.807) is 0 Å². The highest BCUT2D eigenvalue weighted by atomic mass is 32.1. The van der Waals surface area contributed by atoms with E-state index in [0.717, 1.165) is 30.8 Å². The summed E-state index contributed by atoms with van der Waals surface area (Å²) in [4.78, 5) is 26.5. The van der Waals surface area contributed by atoms with Crippen molar-refractivity contribution in [2.45, 2.75) is 25.6 Å². The lowest BCUT2D eigenvalue weighted by atomic mass is 10.2. The van der Waals surface area contributed by atoms with E-state index in [1.165, 1.54) is 7.11 Å². The van der Waals surface area contributed by atoms with Crippen LogP contribution in [0, 0.1) is 11.6 Å². The molecule has 1 aromatic heterocycles. The number of rotatable bonds is 10. The first-order valence-corrected chi connectivity index (χ1v) is 11.2. The molecular weight excluding hydrogens is 477 g/mol. The van der Waals surface area contributed by atoms with Gasteiger partial charge >= 0.3 is 12.0 Å². The van der Waals surface area contributed by atoms with Crippen molar-refractivity contribution in [1.29, 1.82) is 0 Å². The maximum absolute atomic E-state index is 14.4. The zero-order valence-electron chi connectivity index (χ0n) is 18.7. The molecule has 1 aliphatic heterocycles. The summed E-state index contributed by atoms with van der Waals surface area (Å²) in [6.07, 6.45) is 0.350. The van der Waals surface area contributed by atoms with E-state index >= 15 is 0 Å². The molecule has 1 atom stereocenters. The molecule has 0 radical (unpaired) electrons. The van der Waals surface area contributed by atoms with Gasteiger partial charge in [-0.05, 0) is 43.1 Å². The Hall–Kier alpha value is -3.06. The number of alkyl halides is 1. The zero-order chi connectivity index (χ0) is 24.7. The number of carbonyl (C=O) groups excluding carboxylic acids is 2. The summed E-state index contributed by atoms with van der Waals surface area (Å²) in [5.74, 6) is -3.06. The van der Waals surface area contributed by atoms with Gasteiger partial charge in [0.25, 0.3) is 0 Å². The van der Waals surface area contributed by atoms with Crippen molar-refractivity contribution in [3.8, 4) is 11.6 Å². The Labute approximate surface area is 198 Å². The summed E-state index contributed by atoms with van der Waals surface area (Å²) in [7, 11) is 2.38. The summed E-state index contributed by atoms with van der Waals surface area (Å²) in [6.45, 7) is 1.52. The lowest BCUT2D eigenvalue weighted by Gasteiger charge is -2.14. The fraction of sp³-hybridized carbons (Fsp3) is 0.476. The predicted molar refractivity (Wildman–Crippen MR) is 118 cm³/mol. The molecule has 1 aliphatic rings. The number of esters is 1. The van der Waals surface area contributed by atoms with Gasteiger partial charge in [0, 0.05) is 19.6 Å². The first-order chi connectivity index (χ1) is 16.3. The number of hydrogen-bond donors (Lipinski definition) is 2. The lowest BCUT2D eigenvalue weighted by molar-refractivity contribution is 0.0596. The number of amides is 2. The number of nitrogens with zero attached hydrogens (tertiary/aromatic N) is 2. The van der Waals surface area contributed by atoms with Crippen LogP contribution in [-0.4, -0.2) is 67.8 Å². The number of hydrogen-bond acceptors (Lipinski definition) is 8. The van der Waals surface area contributed by atoms with Crippen molar-refractivity contribution in [2.24, 2.45) is 0 Å². The van der Waals surface area contributed by atoms with E-state index in [-0.39, 0.29) is 22.2 Å². The lowest BCUT2D eigenvalue weighted by Crippen LogP contribution is -2.32. The van der Waals surface area contributed by atoms with Gasteiger partial charge in [-0.3, -0.25) is 5.32 Å². The minimum atomic E-state index is -0.939. The zero-order valence-corrected chi connectivity index (χ0v) is 19.5. The maximum Gasteiger partial charge on any atom is 0.346 e. The van der Waals surface area contributed by atoms with Gasteiger partial charge in [-0.25, -0.2) is 22.8 Å². The molecule has 0 saturated carbocycles. The Morgan fingerprint density at radius 3 is 2.76 bits per heavy atom. The molecule has 186 valence electrons. The molecule has 13 heteroatoms. The summed E-state index contributed by atoms with van der Waals surface area (Å²) >= 11 is 0.749. The van der Waals surface area contributed by atoms with Gasteiger partial charge in [0.2, 0.25) is 5.88 Å². The molecule has 2 heterocycles. The predicted octanol–water partition coefficient (Wildman–Crippen LogP) is 3.35. The first-order valence-electron chi connectivity index (χ1n) is 10.5. The number of benzene rings is 1. The summed E-state index contributed by atoms with van der Waals surface area (Å²) in [5, 5.41) is 5.20. The van der Waals surface area contributed by atoms with Crippen molar-refractivity contribution in [3.63, 3.8) is 0 Å². The van der Waals surface area contributed by atoms with Gasteiger partial charge < -0.3 is 24.4 Å². The largest absolute Gasteiger partial charge is 0.494 e. The minimum absolute atomic E-state index is 0.0470. The summed E-state index contributed by atoms with van der Waals surface area (Å²) in [5.41, 5.74) is -0.593. The van der Waals surface area contributed by atoms with Crippen LogP contribution in [0.25, 0.3) is 0 Å². The molecular formula is C21H25F3N4O5S. The number of halogens is 3. The number of carbonyl (C=O) groups is 2. The highest BCUT2D eigenvalue weighted by molar-refractivity contribution is 7.11. The van der Waals surface area contributed by atoms with Crippen LogP contribution in [-0.2, 0) is 11.3 Å². The van der Waals surface area contributed by atoms with Crippen LogP contribution in [0.2, 0.25) is 0 Å². The topological polar surface area (TPSA) is 102 Å². The summed E-state index contributed by atoms with van der Waals surface area (Å²) < 4.78 is 60.5. The first kappa shape index (κ1) is 25.6. The molecule has 0 unspecified atom stereocenters. The highest BCUT2D eigenvalue weighted by Crippen LogP contribution is 2.32. The van der Waals surface area contributed by atoms with Crippen LogP contribution in [0.4, 0.5) is 23.0 Å². The summed E-state index contributed by atoms with van der Waals surface area (Å²) in [6, 6.07) is 1.58. The Balaban J connectivity index is 1.60. The standard InChI is InChI=1S/C21H25F3N4O5S/c1-31-15-5-4-14(23)13(17(15)24)11-33-18-16(20(29)32-2)19(34-27-18)26-21(30)25-7-3-8-28-9-6-12(22)10-28/h4-5,12H,3,6-11H2,1-2H3,(H2,25,26,30)/t12-/m1/s1. The van der Waals surface area contributed by atoms with Gasteiger partial charge in [0.15, 0.2) is 17.1 Å². The smallest absolute Gasteiger partial charge is 0.346 e. The van der Waals surface area contributed by atoms with Crippen molar-refractivity contribution in [2.75, 3.05) is 45.7 Å². The van der Waals surface area contributed by atoms with Crippen molar-refractivity contribution < 1.29 is 37.0 Å². The molecule has 34 heavy (non-hydrogen) atoms. The molecule has 1 saturated heterocycles. The molecule has 0 aliphatic carbocycles. The van der Waals surface area contributed by atoms with Crippen molar-refractivity contribution in [1.82, 2.24) is 14.6 Å². The number of likely N-dealkylation sites (tertiary alicyclic amines) is 1. The Bertz CT molecular complexity index is 1020. The molecule has 0 bridgehead atoms. The van der Waals surface area contributed by atoms with Gasteiger partial charge in [-0.15, -0.1) is 0 Å². The molecule has 9 nitrogen and oxygen atoms in total. The molecule has 2 N–H and O–H groups in total. The van der Waals surface area contributed by atoms with E-state index in [2.05, 4.69) is 15.0 Å². The third kappa shape index (κ3) is 6.29. The van der Waals surface area contributed by atoms with Crippen LogP contribution in [0.5, 0.6) is 11.6 Å². The molecule has 1 aromatic carbocycles. The second kappa shape index (κ2) is 11.9. The molecule has 2 amide bonds. The molecule has 0 spiro atoms. The van der Waals surface area contributed by atoms with Crippen LogP contribution in [0.15, 0.2) is 12.1 Å². The normalized spacial score (nSPS) is 15.7. The third-order valence-corrected chi connectivity index (χ3v) is 5.90. The SMILES string of the molecule is COC(=O)c1c(OCc2c(F)ccc(OC)c2F)nsc1NC(=O)NCCCN1CC[C@@H](F)C1. The van der Waals surface area contributed by atoms with Crippen LogP contribution < -0.4 is 20.1 Å². The Morgan fingerprint density at radius 1 is 1.29 bits per heavy atom. The second-order valence-corrected chi connectivity index (χ2v) is 8.21. The number of methoxy groups -OCH3 is 2. The second-order valence-electron chi connectivity index (χ2n) is 7.44. The van der Waals surface area contributed by atoms with Gasteiger partial charge in [0.1, 0.15) is 23.6 Å². The van der Waals surface area contributed by atoms with Crippen LogP contribution >= 0.6 is 11.5 Å². The highest BCUT2D eigenvalue weighted by Gasteiger charge is 2.26. The molecule has 2 aromatic rings. The van der Waals surface area contributed by atoms with Crippen LogP contribution in [0.1, 0.15) is 28.8 Å². The van der Waals surface area contributed by atoms with Gasteiger partial charge in [-0.2, -0.15) is 4.37 Å². The number of anilines is 1. The van der Waals surface area contributed by atoms with Crippen molar-refractivity contribution in [3.05, 3.63) is 34.9 Å². The quantitative estimate of drug-likeness (QED) is 0.380. The van der Waals surface area contributed by atoms with Crippen molar-refractivity contribution >= 4 is 28.5 Å². The van der Waals surface area contributed by atoms with Gasteiger partial charge in [0.05, 0.1) is 19.8 Å². The maximum atomic E-state index is 14.4. The fourth-order valence-corrected chi connectivity index (χ4v) is 4.11. The van der Waals surface area contributed by atoms with E-state index in [4.69, 9.17) is 14.2 Å². The number of aromatic nitrogens is 1. The fourth-order valence-electron chi connectivity index (χ4n) is 3.39. The number of urea groups is 1. The number of nitrogens with one attached hydrogen (secondary N) is 2. The Morgan fingerprint density at radius 2 is 2.09 bits per heavy atom.